The molecular formula is C14H18N2O2S. The summed E-state index contributed by atoms with van der Waals surface area (Å²) in [6.07, 6.45) is 0.594. The number of anilines is 1. The molecule has 2 aromatic rings. The Morgan fingerprint density at radius 1 is 1.05 bits per heavy atom. The van der Waals surface area contributed by atoms with Gasteiger partial charge in [-0.3, -0.25) is 4.72 Å². The number of fused-ring (bicyclic) bond motifs is 1. The number of hydrogen-bond donors (Lipinski definition) is 2. The van der Waals surface area contributed by atoms with E-state index < -0.39 is 10.0 Å². The SMILES string of the molecule is CNCCCS(=O)(=O)Nc1cccc2ccccc12. The topological polar surface area (TPSA) is 58.2 Å². The first-order valence-electron chi connectivity index (χ1n) is 6.25. The van der Waals surface area contributed by atoms with Gasteiger partial charge in [-0.2, -0.15) is 0 Å². The Bertz CT molecular complexity index is 648. The minimum absolute atomic E-state index is 0.122. The first kappa shape index (κ1) is 13.8. The van der Waals surface area contributed by atoms with Crippen molar-refractivity contribution in [1.29, 1.82) is 0 Å². The molecule has 2 aromatic carbocycles. The number of hydrogen-bond acceptors (Lipinski definition) is 3. The molecule has 0 unspecified atom stereocenters. The second-order valence-electron chi connectivity index (χ2n) is 4.40. The second-order valence-corrected chi connectivity index (χ2v) is 6.25. The summed E-state index contributed by atoms with van der Waals surface area (Å²) in [5, 5.41) is 4.89. The van der Waals surface area contributed by atoms with Crippen LogP contribution in [0.1, 0.15) is 6.42 Å². The predicted octanol–water partition coefficient (Wildman–Crippen LogP) is 2.19. The van der Waals surface area contributed by atoms with Crippen LogP contribution in [0.3, 0.4) is 0 Å². The van der Waals surface area contributed by atoms with Crippen molar-refractivity contribution in [3.63, 3.8) is 0 Å². The first-order chi connectivity index (χ1) is 9.12. The predicted molar refractivity (Wildman–Crippen MR) is 79.9 cm³/mol. The van der Waals surface area contributed by atoms with Gasteiger partial charge in [0.15, 0.2) is 0 Å². The lowest BCUT2D eigenvalue weighted by molar-refractivity contribution is 0.597. The molecule has 0 aromatic heterocycles. The molecule has 0 heterocycles. The van der Waals surface area contributed by atoms with Crippen molar-refractivity contribution in [3.8, 4) is 0 Å². The highest BCUT2D eigenvalue weighted by atomic mass is 32.2. The molecule has 0 fully saturated rings. The van der Waals surface area contributed by atoms with E-state index >= 15 is 0 Å². The molecule has 5 heteroatoms. The average molecular weight is 278 g/mol. The molecule has 0 saturated carbocycles. The zero-order valence-electron chi connectivity index (χ0n) is 10.9. The second kappa shape index (κ2) is 6.04. The summed E-state index contributed by atoms with van der Waals surface area (Å²) >= 11 is 0. The Morgan fingerprint density at radius 2 is 1.79 bits per heavy atom. The van der Waals surface area contributed by atoms with E-state index in [0.717, 1.165) is 10.8 Å². The minimum Gasteiger partial charge on any atom is -0.320 e. The summed E-state index contributed by atoms with van der Waals surface area (Å²) in [7, 11) is -1.48. The molecule has 0 aliphatic carbocycles. The third kappa shape index (κ3) is 3.68. The average Bonchev–Trinajstić information content (AvgIpc) is 2.39. The molecule has 0 saturated heterocycles. The Balaban J connectivity index is 2.21. The van der Waals surface area contributed by atoms with Crippen LogP contribution in [0.25, 0.3) is 10.8 Å². The van der Waals surface area contributed by atoms with E-state index in [1.807, 2.05) is 43.4 Å². The maximum atomic E-state index is 12.0. The molecule has 19 heavy (non-hydrogen) atoms. The van der Waals surface area contributed by atoms with Gasteiger partial charge in [0, 0.05) is 5.39 Å². The van der Waals surface area contributed by atoms with Crippen LogP contribution in [0.2, 0.25) is 0 Å². The zero-order valence-corrected chi connectivity index (χ0v) is 11.7. The molecule has 0 aliphatic rings. The van der Waals surface area contributed by atoms with Crippen LogP contribution in [0, 0.1) is 0 Å². The minimum atomic E-state index is -3.29. The van der Waals surface area contributed by atoms with Gasteiger partial charge in [0.25, 0.3) is 0 Å². The Morgan fingerprint density at radius 3 is 2.58 bits per heavy atom. The Hall–Kier alpha value is -1.59. The molecule has 0 amide bonds. The summed E-state index contributed by atoms with van der Waals surface area (Å²) in [4.78, 5) is 0. The van der Waals surface area contributed by atoms with Gasteiger partial charge in [-0.1, -0.05) is 36.4 Å². The summed E-state index contributed by atoms with van der Waals surface area (Å²) in [5.41, 5.74) is 0.641. The van der Waals surface area contributed by atoms with Crippen LogP contribution in [0.15, 0.2) is 42.5 Å². The van der Waals surface area contributed by atoms with Crippen molar-refractivity contribution in [1.82, 2.24) is 5.32 Å². The standard InChI is InChI=1S/C14H18N2O2S/c1-15-10-5-11-19(17,18)16-14-9-4-7-12-6-2-3-8-13(12)14/h2-4,6-9,15-16H,5,10-11H2,1H3. The smallest absolute Gasteiger partial charge is 0.232 e. The van der Waals surface area contributed by atoms with Crippen molar-refractivity contribution >= 4 is 26.5 Å². The van der Waals surface area contributed by atoms with E-state index in [2.05, 4.69) is 10.0 Å². The van der Waals surface area contributed by atoms with Crippen LogP contribution >= 0.6 is 0 Å². The normalized spacial score (nSPS) is 11.6. The summed E-state index contributed by atoms with van der Waals surface area (Å²) in [5.74, 6) is 0.122. The van der Waals surface area contributed by atoms with Gasteiger partial charge >= 0.3 is 0 Å². The van der Waals surface area contributed by atoms with E-state index in [-0.39, 0.29) is 5.75 Å². The van der Waals surface area contributed by atoms with Crippen LogP contribution < -0.4 is 10.0 Å². The quantitative estimate of drug-likeness (QED) is 0.796. The number of nitrogens with one attached hydrogen (secondary N) is 2. The zero-order chi connectivity index (χ0) is 13.7. The van der Waals surface area contributed by atoms with Gasteiger partial charge < -0.3 is 5.32 Å². The van der Waals surface area contributed by atoms with Gasteiger partial charge in [-0.25, -0.2) is 8.42 Å². The number of rotatable bonds is 6. The molecule has 102 valence electrons. The molecular weight excluding hydrogens is 260 g/mol. The van der Waals surface area contributed by atoms with E-state index in [0.29, 0.717) is 18.7 Å². The van der Waals surface area contributed by atoms with Crippen LogP contribution in [-0.2, 0) is 10.0 Å². The molecule has 4 nitrogen and oxygen atoms in total. The fraction of sp³-hybridized carbons (Fsp3) is 0.286. The molecule has 0 atom stereocenters. The largest absolute Gasteiger partial charge is 0.320 e. The molecule has 2 N–H and O–H groups in total. The van der Waals surface area contributed by atoms with Crippen molar-refractivity contribution in [2.45, 2.75) is 6.42 Å². The van der Waals surface area contributed by atoms with Crippen LogP contribution in [0.4, 0.5) is 5.69 Å². The first-order valence-corrected chi connectivity index (χ1v) is 7.90. The lowest BCUT2D eigenvalue weighted by Crippen LogP contribution is -2.20. The van der Waals surface area contributed by atoms with Gasteiger partial charge in [0.1, 0.15) is 0 Å². The summed E-state index contributed by atoms with van der Waals surface area (Å²) in [6, 6.07) is 13.3. The molecule has 2 rings (SSSR count). The fourth-order valence-electron chi connectivity index (χ4n) is 1.97. The fourth-order valence-corrected chi connectivity index (χ4v) is 3.11. The van der Waals surface area contributed by atoms with Crippen LogP contribution in [-0.4, -0.2) is 27.8 Å². The van der Waals surface area contributed by atoms with Gasteiger partial charge in [-0.15, -0.1) is 0 Å². The molecule has 0 bridgehead atoms. The molecule has 0 aliphatic heterocycles. The highest BCUT2D eigenvalue weighted by molar-refractivity contribution is 7.92. The summed E-state index contributed by atoms with van der Waals surface area (Å²) in [6.45, 7) is 0.691. The maximum Gasteiger partial charge on any atom is 0.232 e. The maximum absolute atomic E-state index is 12.0. The van der Waals surface area contributed by atoms with Crippen molar-refractivity contribution < 1.29 is 8.42 Å². The van der Waals surface area contributed by atoms with Crippen molar-refractivity contribution in [3.05, 3.63) is 42.5 Å². The third-order valence-corrected chi connectivity index (χ3v) is 4.25. The number of sulfonamides is 1. The summed E-state index contributed by atoms with van der Waals surface area (Å²) < 4.78 is 26.6. The van der Waals surface area contributed by atoms with E-state index in [4.69, 9.17) is 0 Å². The van der Waals surface area contributed by atoms with Gasteiger partial charge in [0.2, 0.25) is 10.0 Å². The highest BCUT2D eigenvalue weighted by Gasteiger charge is 2.11. The molecule has 0 spiro atoms. The monoisotopic (exact) mass is 278 g/mol. The lowest BCUT2D eigenvalue weighted by atomic mass is 10.1. The van der Waals surface area contributed by atoms with Crippen molar-refractivity contribution in [2.75, 3.05) is 24.1 Å². The Labute approximate surface area is 113 Å². The third-order valence-electron chi connectivity index (χ3n) is 2.89. The van der Waals surface area contributed by atoms with E-state index in [1.165, 1.54) is 0 Å². The van der Waals surface area contributed by atoms with Gasteiger partial charge in [-0.05, 0) is 31.5 Å². The van der Waals surface area contributed by atoms with Crippen LogP contribution in [0.5, 0.6) is 0 Å². The van der Waals surface area contributed by atoms with E-state index in [9.17, 15) is 8.42 Å². The highest BCUT2D eigenvalue weighted by Crippen LogP contribution is 2.23. The van der Waals surface area contributed by atoms with Crippen molar-refractivity contribution in [2.24, 2.45) is 0 Å². The lowest BCUT2D eigenvalue weighted by Gasteiger charge is -2.10. The Kier molecular flexibility index (Phi) is 4.39. The van der Waals surface area contributed by atoms with E-state index in [1.54, 1.807) is 6.07 Å². The van der Waals surface area contributed by atoms with Gasteiger partial charge in [0.05, 0.1) is 11.4 Å². The molecule has 0 radical (unpaired) electrons. The number of benzene rings is 2.